The monoisotopic (exact) mass is 285 g/mol. The van der Waals surface area contributed by atoms with Crippen molar-refractivity contribution in [3.05, 3.63) is 22.3 Å². The van der Waals surface area contributed by atoms with E-state index in [0.717, 1.165) is 35.6 Å². The van der Waals surface area contributed by atoms with Crippen molar-refractivity contribution < 1.29 is 0 Å². The van der Waals surface area contributed by atoms with Gasteiger partial charge in [0.15, 0.2) is 0 Å². The van der Waals surface area contributed by atoms with Gasteiger partial charge in [0.1, 0.15) is 5.82 Å². The average Bonchev–Trinajstić information content (AvgIpc) is 2.28. The lowest BCUT2D eigenvalue weighted by Crippen LogP contribution is -2.30. The first kappa shape index (κ1) is 13.5. The first-order valence-electron chi connectivity index (χ1n) is 5.70. The number of nitrogens with zero attached hydrogens (tertiary/aromatic N) is 2. The van der Waals surface area contributed by atoms with Gasteiger partial charge in [-0.05, 0) is 48.0 Å². The summed E-state index contributed by atoms with van der Waals surface area (Å²) in [6.45, 7) is 7.25. The Kier molecular flexibility index (Phi) is 5.77. The Hall–Kier alpha value is -0.610. The molecule has 1 aromatic heterocycles. The standard InChI is InChI=1S/C12H20BrN3/c1-4-7-14-8-9-16(3)12-6-5-11(13)10(2)15-12/h5-6,14H,4,7-9H2,1-3H3. The van der Waals surface area contributed by atoms with Crippen molar-refractivity contribution in [3.63, 3.8) is 0 Å². The molecular weight excluding hydrogens is 266 g/mol. The summed E-state index contributed by atoms with van der Waals surface area (Å²) in [6.07, 6.45) is 1.18. The Bertz CT molecular complexity index is 328. The topological polar surface area (TPSA) is 28.2 Å². The lowest BCUT2D eigenvalue weighted by Gasteiger charge is -2.19. The maximum Gasteiger partial charge on any atom is 0.128 e. The van der Waals surface area contributed by atoms with Gasteiger partial charge in [0.2, 0.25) is 0 Å². The third-order valence-electron chi connectivity index (χ3n) is 2.45. The Balaban J connectivity index is 2.46. The smallest absolute Gasteiger partial charge is 0.128 e. The molecule has 4 heteroatoms. The molecule has 0 aliphatic carbocycles. The zero-order chi connectivity index (χ0) is 12.0. The van der Waals surface area contributed by atoms with E-state index in [1.165, 1.54) is 6.42 Å². The Morgan fingerprint density at radius 3 is 2.75 bits per heavy atom. The van der Waals surface area contributed by atoms with Crippen LogP contribution in [-0.2, 0) is 0 Å². The van der Waals surface area contributed by atoms with Gasteiger partial charge >= 0.3 is 0 Å². The van der Waals surface area contributed by atoms with Crippen LogP contribution >= 0.6 is 15.9 Å². The number of pyridine rings is 1. The van der Waals surface area contributed by atoms with Crippen LogP contribution < -0.4 is 10.2 Å². The van der Waals surface area contributed by atoms with Crippen LogP contribution in [0.4, 0.5) is 5.82 Å². The highest BCUT2D eigenvalue weighted by Gasteiger charge is 2.03. The summed E-state index contributed by atoms with van der Waals surface area (Å²) in [5, 5.41) is 3.38. The summed E-state index contributed by atoms with van der Waals surface area (Å²) < 4.78 is 1.06. The number of halogens is 1. The summed E-state index contributed by atoms with van der Waals surface area (Å²) in [7, 11) is 2.07. The highest BCUT2D eigenvalue weighted by atomic mass is 79.9. The second kappa shape index (κ2) is 6.86. The van der Waals surface area contributed by atoms with E-state index in [1.54, 1.807) is 0 Å². The van der Waals surface area contributed by atoms with Gasteiger partial charge < -0.3 is 10.2 Å². The van der Waals surface area contributed by atoms with Gasteiger partial charge in [0.25, 0.3) is 0 Å². The van der Waals surface area contributed by atoms with E-state index in [0.29, 0.717) is 0 Å². The van der Waals surface area contributed by atoms with Crippen molar-refractivity contribution in [2.45, 2.75) is 20.3 Å². The average molecular weight is 286 g/mol. The molecule has 0 fully saturated rings. The second-order valence-electron chi connectivity index (χ2n) is 3.91. The largest absolute Gasteiger partial charge is 0.358 e. The van der Waals surface area contributed by atoms with E-state index in [9.17, 15) is 0 Å². The van der Waals surface area contributed by atoms with Crippen molar-refractivity contribution in [1.82, 2.24) is 10.3 Å². The summed E-state index contributed by atoms with van der Waals surface area (Å²) in [5.41, 5.74) is 1.03. The molecule has 1 aromatic rings. The van der Waals surface area contributed by atoms with E-state index < -0.39 is 0 Å². The maximum absolute atomic E-state index is 4.52. The van der Waals surface area contributed by atoms with Crippen LogP contribution in [0.15, 0.2) is 16.6 Å². The molecule has 1 heterocycles. The van der Waals surface area contributed by atoms with Crippen LogP contribution in [0.2, 0.25) is 0 Å². The van der Waals surface area contributed by atoms with Crippen molar-refractivity contribution in [2.75, 3.05) is 31.6 Å². The highest BCUT2D eigenvalue weighted by molar-refractivity contribution is 9.10. The molecule has 0 radical (unpaired) electrons. The van der Waals surface area contributed by atoms with Crippen LogP contribution in [-0.4, -0.2) is 31.7 Å². The number of anilines is 1. The first-order chi connectivity index (χ1) is 7.65. The molecule has 0 bridgehead atoms. The minimum atomic E-state index is 0.980. The number of rotatable bonds is 6. The first-order valence-corrected chi connectivity index (χ1v) is 6.49. The zero-order valence-corrected chi connectivity index (χ0v) is 11.8. The SMILES string of the molecule is CCCNCCN(C)c1ccc(Br)c(C)n1. The number of hydrogen-bond acceptors (Lipinski definition) is 3. The molecular formula is C12H20BrN3. The number of aryl methyl sites for hydroxylation is 1. The molecule has 0 atom stereocenters. The quantitative estimate of drug-likeness (QED) is 0.815. The lowest BCUT2D eigenvalue weighted by molar-refractivity contribution is 0.663. The molecule has 3 nitrogen and oxygen atoms in total. The van der Waals surface area contributed by atoms with Gasteiger partial charge in [0.05, 0.1) is 5.69 Å². The van der Waals surface area contributed by atoms with E-state index in [4.69, 9.17) is 0 Å². The lowest BCUT2D eigenvalue weighted by atomic mass is 10.3. The molecule has 0 saturated heterocycles. The fourth-order valence-electron chi connectivity index (χ4n) is 1.41. The van der Waals surface area contributed by atoms with Gasteiger partial charge in [-0.25, -0.2) is 4.98 Å². The van der Waals surface area contributed by atoms with Crippen molar-refractivity contribution in [2.24, 2.45) is 0 Å². The van der Waals surface area contributed by atoms with Gasteiger partial charge in [0, 0.05) is 24.6 Å². The van der Waals surface area contributed by atoms with E-state index in [2.05, 4.69) is 45.1 Å². The van der Waals surface area contributed by atoms with E-state index >= 15 is 0 Å². The Labute approximate surface area is 106 Å². The molecule has 0 unspecified atom stereocenters. The number of aromatic nitrogens is 1. The van der Waals surface area contributed by atoms with Crippen LogP contribution in [0, 0.1) is 6.92 Å². The summed E-state index contributed by atoms with van der Waals surface area (Å²) in [6, 6.07) is 4.09. The van der Waals surface area contributed by atoms with Crippen molar-refractivity contribution in [3.8, 4) is 0 Å². The van der Waals surface area contributed by atoms with Crippen LogP contribution in [0.25, 0.3) is 0 Å². The summed E-state index contributed by atoms with van der Waals surface area (Å²) in [5.74, 6) is 1.03. The van der Waals surface area contributed by atoms with Gasteiger partial charge in [-0.15, -0.1) is 0 Å². The maximum atomic E-state index is 4.52. The minimum Gasteiger partial charge on any atom is -0.358 e. The molecule has 0 aliphatic heterocycles. The molecule has 1 N–H and O–H groups in total. The van der Waals surface area contributed by atoms with E-state index in [1.807, 2.05) is 19.1 Å². The van der Waals surface area contributed by atoms with Crippen LogP contribution in [0.5, 0.6) is 0 Å². The molecule has 90 valence electrons. The molecule has 1 rings (SSSR count). The number of nitrogens with one attached hydrogen (secondary N) is 1. The Morgan fingerprint density at radius 1 is 1.38 bits per heavy atom. The summed E-state index contributed by atoms with van der Waals surface area (Å²) >= 11 is 3.46. The van der Waals surface area contributed by atoms with Gasteiger partial charge in [-0.1, -0.05) is 6.92 Å². The molecule has 0 spiro atoms. The molecule has 0 amide bonds. The third-order valence-corrected chi connectivity index (χ3v) is 3.29. The van der Waals surface area contributed by atoms with E-state index in [-0.39, 0.29) is 0 Å². The van der Waals surface area contributed by atoms with Crippen molar-refractivity contribution in [1.29, 1.82) is 0 Å². The molecule has 0 saturated carbocycles. The fourth-order valence-corrected chi connectivity index (χ4v) is 1.63. The van der Waals surface area contributed by atoms with Gasteiger partial charge in [-0.2, -0.15) is 0 Å². The molecule has 16 heavy (non-hydrogen) atoms. The second-order valence-corrected chi connectivity index (χ2v) is 4.76. The summed E-state index contributed by atoms with van der Waals surface area (Å²) in [4.78, 5) is 6.69. The zero-order valence-electron chi connectivity index (χ0n) is 10.3. The molecule has 0 aromatic carbocycles. The van der Waals surface area contributed by atoms with Crippen LogP contribution in [0.3, 0.4) is 0 Å². The minimum absolute atomic E-state index is 0.980. The third kappa shape index (κ3) is 4.10. The number of likely N-dealkylation sites (N-methyl/N-ethyl adjacent to an activating group) is 1. The Morgan fingerprint density at radius 2 is 2.12 bits per heavy atom. The van der Waals surface area contributed by atoms with Gasteiger partial charge in [-0.3, -0.25) is 0 Å². The predicted octanol–water partition coefficient (Wildman–Crippen LogP) is 2.59. The highest BCUT2D eigenvalue weighted by Crippen LogP contribution is 2.17. The molecule has 0 aliphatic rings. The normalized spacial score (nSPS) is 10.5. The fraction of sp³-hybridized carbons (Fsp3) is 0.583. The van der Waals surface area contributed by atoms with Crippen molar-refractivity contribution >= 4 is 21.7 Å². The predicted molar refractivity (Wildman–Crippen MR) is 73.1 cm³/mol. The number of hydrogen-bond donors (Lipinski definition) is 1. The van der Waals surface area contributed by atoms with Crippen LogP contribution in [0.1, 0.15) is 19.0 Å².